The van der Waals surface area contributed by atoms with Crippen molar-refractivity contribution < 1.29 is 37.9 Å². The Kier molecular flexibility index (Phi) is 8.63. The van der Waals surface area contributed by atoms with Crippen LogP contribution < -0.4 is 0 Å². The minimum Gasteiger partial charge on any atom is -0.481 e. The number of aliphatic hydroxyl groups is 1. The van der Waals surface area contributed by atoms with Gasteiger partial charge in [-0.3, -0.25) is 14.1 Å². The second-order valence-corrected chi connectivity index (χ2v) is 4.38. The van der Waals surface area contributed by atoms with Crippen LogP contribution in [0.25, 0.3) is 0 Å². The fourth-order valence-corrected chi connectivity index (χ4v) is 1.13. The van der Waals surface area contributed by atoms with Crippen molar-refractivity contribution in [3.63, 3.8) is 0 Å². The predicted octanol–water partition coefficient (Wildman–Crippen LogP) is -0.809. The van der Waals surface area contributed by atoms with Crippen LogP contribution in [0, 0.1) is 0 Å². The van der Waals surface area contributed by atoms with Gasteiger partial charge >= 0.3 is 11.9 Å². The molecule has 0 saturated heterocycles. The number of rotatable bonds is 5. The summed E-state index contributed by atoms with van der Waals surface area (Å²) in [5.41, 5.74) is 0. The van der Waals surface area contributed by atoms with Crippen molar-refractivity contribution in [3.8, 4) is 0 Å². The smallest absolute Gasteiger partial charge is 0.303 e. The van der Waals surface area contributed by atoms with E-state index in [4.69, 9.17) is 19.9 Å². The van der Waals surface area contributed by atoms with Gasteiger partial charge in [0, 0.05) is 0 Å². The van der Waals surface area contributed by atoms with Crippen LogP contribution in [0.1, 0.15) is 19.8 Å². The standard InChI is InChI=1S/C4H6O4.C3H8O4S/c5-3(6)1-2-4(7)8;1-3(4)2-8(5,6)7/h1-2H2,(H,5,6)(H,7,8);3-4H,2H2,1H3,(H,5,6,7). The molecule has 4 N–H and O–H groups in total. The fraction of sp³-hybridized carbons (Fsp3) is 0.714. The van der Waals surface area contributed by atoms with Gasteiger partial charge in [-0.15, -0.1) is 0 Å². The van der Waals surface area contributed by atoms with E-state index in [9.17, 15) is 18.0 Å². The lowest BCUT2D eigenvalue weighted by Gasteiger charge is -1.97. The maximum atomic E-state index is 9.84. The average Bonchev–Trinajstić information content (AvgIpc) is 1.96. The van der Waals surface area contributed by atoms with Crippen molar-refractivity contribution in [1.82, 2.24) is 0 Å². The molecule has 9 heteroatoms. The Balaban J connectivity index is 0. The van der Waals surface area contributed by atoms with Gasteiger partial charge in [-0.05, 0) is 6.92 Å². The summed E-state index contributed by atoms with van der Waals surface area (Å²) >= 11 is 0. The SMILES string of the molecule is CC(O)CS(=O)(=O)O.O=C(O)CCC(=O)O. The van der Waals surface area contributed by atoms with Gasteiger partial charge in [0.2, 0.25) is 0 Å². The summed E-state index contributed by atoms with van der Waals surface area (Å²) in [5.74, 6) is -2.74. The number of carboxylic acid groups (broad SMARTS) is 2. The fourth-order valence-electron chi connectivity index (χ4n) is 0.519. The van der Waals surface area contributed by atoms with Crippen LogP contribution in [0.15, 0.2) is 0 Å². The minimum atomic E-state index is -3.97. The van der Waals surface area contributed by atoms with Gasteiger partial charge in [0.15, 0.2) is 0 Å². The number of aliphatic hydroxyl groups excluding tert-OH is 1. The Bertz CT molecular complexity index is 303. The van der Waals surface area contributed by atoms with Crippen LogP contribution in [-0.2, 0) is 19.7 Å². The molecular formula is C7H14O8S. The van der Waals surface area contributed by atoms with Crippen molar-refractivity contribution in [2.24, 2.45) is 0 Å². The summed E-state index contributed by atoms with van der Waals surface area (Å²) < 4.78 is 27.7. The zero-order valence-corrected chi connectivity index (χ0v) is 9.35. The molecule has 0 aromatic carbocycles. The van der Waals surface area contributed by atoms with Gasteiger partial charge in [0.25, 0.3) is 10.1 Å². The first kappa shape index (κ1) is 17.2. The molecule has 96 valence electrons. The molecule has 0 bridgehead atoms. The highest BCUT2D eigenvalue weighted by atomic mass is 32.2. The highest BCUT2D eigenvalue weighted by Gasteiger charge is 2.07. The van der Waals surface area contributed by atoms with Gasteiger partial charge in [-0.2, -0.15) is 8.42 Å². The quantitative estimate of drug-likeness (QED) is 0.468. The molecular weight excluding hydrogens is 244 g/mol. The van der Waals surface area contributed by atoms with Crippen LogP contribution in [0.4, 0.5) is 0 Å². The van der Waals surface area contributed by atoms with Gasteiger partial charge in [0.05, 0.1) is 18.9 Å². The lowest BCUT2D eigenvalue weighted by Crippen LogP contribution is -2.16. The predicted molar refractivity (Wildman–Crippen MR) is 52.6 cm³/mol. The molecule has 0 radical (unpaired) electrons. The third-order valence-electron chi connectivity index (χ3n) is 1.00. The van der Waals surface area contributed by atoms with E-state index in [0.717, 1.165) is 0 Å². The van der Waals surface area contributed by atoms with E-state index in [-0.39, 0.29) is 12.8 Å². The summed E-state index contributed by atoms with van der Waals surface area (Å²) in [4.78, 5) is 19.3. The first-order valence-corrected chi connectivity index (χ1v) is 5.72. The van der Waals surface area contributed by atoms with Crippen molar-refractivity contribution in [2.45, 2.75) is 25.9 Å². The molecule has 0 aliphatic carbocycles. The summed E-state index contributed by atoms with van der Waals surface area (Å²) in [5, 5.41) is 24.1. The molecule has 0 amide bonds. The van der Waals surface area contributed by atoms with Crippen molar-refractivity contribution in [1.29, 1.82) is 0 Å². The molecule has 0 aliphatic heterocycles. The molecule has 8 nitrogen and oxygen atoms in total. The second kappa shape index (κ2) is 8.02. The Morgan fingerprint density at radius 2 is 1.44 bits per heavy atom. The Morgan fingerprint density at radius 1 is 1.12 bits per heavy atom. The summed E-state index contributed by atoms with van der Waals surface area (Å²) in [6, 6.07) is 0. The molecule has 0 aliphatic rings. The maximum absolute atomic E-state index is 9.84. The van der Waals surface area contributed by atoms with E-state index >= 15 is 0 Å². The Morgan fingerprint density at radius 3 is 1.50 bits per heavy atom. The third kappa shape index (κ3) is 23.0. The zero-order chi connectivity index (χ0) is 13.4. The Labute approximate surface area is 92.3 Å². The molecule has 0 aromatic heterocycles. The van der Waals surface area contributed by atoms with E-state index in [1.807, 2.05) is 0 Å². The Hall–Kier alpha value is -1.19. The average molecular weight is 258 g/mol. The summed E-state index contributed by atoms with van der Waals surface area (Å²) in [7, 11) is -3.97. The highest BCUT2D eigenvalue weighted by molar-refractivity contribution is 7.85. The highest BCUT2D eigenvalue weighted by Crippen LogP contribution is 1.86. The van der Waals surface area contributed by atoms with Gasteiger partial charge < -0.3 is 15.3 Å². The summed E-state index contributed by atoms with van der Waals surface area (Å²) in [6.07, 6.45) is -1.59. The topological polar surface area (TPSA) is 149 Å². The lowest BCUT2D eigenvalue weighted by molar-refractivity contribution is -0.143. The zero-order valence-electron chi connectivity index (χ0n) is 8.53. The van der Waals surface area contributed by atoms with Crippen LogP contribution in [-0.4, -0.2) is 52.1 Å². The van der Waals surface area contributed by atoms with Crippen molar-refractivity contribution >= 4 is 22.1 Å². The first-order valence-electron chi connectivity index (χ1n) is 4.11. The van der Waals surface area contributed by atoms with E-state index in [0.29, 0.717) is 0 Å². The van der Waals surface area contributed by atoms with Gasteiger partial charge in [-0.25, -0.2) is 0 Å². The van der Waals surface area contributed by atoms with E-state index in [1.54, 1.807) is 0 Å². The van der Waals surface area contributed by atoms with Crippen LogP contribution in [0.2, 0.25) is 0 Å². The van der Waals surface area contributed by atoms with Gasteiger partial charge in [-0.1, -0.05) is 0 Å². The monoisotopic (exact) mass is 258 g/mol. The van der Waals surface area contributed by atoms with Gasteiger partial charge in [0.1, 0.15) is 5.75 Å². The van der Waals surface area contributed by atoms with Crippen LogP contribution in [0.5, 0.6) is 0 Å². The number of aliphatic carboxylic acids is 2. The molecule has 1 unspecified atom stereocenters. The molecule has 0 rings (SSSR count). The minimum absolute atomic E-state index is 0.296. The normalized spacial score (nSPS) is 12.2. The lowest BCUT2D eigenvalue weighted by atomic mass is 10.3. The molecule has 0 fully saturated rings. The van der Waals surface area contributed by atoms with Crippen molar-refractivity contribution in [3.05, 3.63) is 0 Å². The number of hydrogen-bond acceptors (Lipinski definition) is 5. The molecule has 16 heavy (non-hydrogen) atoms. The third-order valence-corrected chi connectivity index (χ3v) is 1.91. The largest absolute Gasteiger partial charge is 0.481 e. The second-order valence-electron chi connectivity index (χ2n) is 2.89. The first-order chi connectivity index (χ1) is 7.04. The molecule has 0 heterocycles. The van der Waals surface area contributed by atoms with Crippen LogP contribution in [0.3, 0.4) is 0 Å². The summed E-state index contributed by atoms with van der Waals surface area (Å²) in [6.45, 7) is 1.29. The van der Waals surface area contributed by atoms with Crippen molar-refractivity contribution in [2.75, 3.05) is 5.75 Å². The van der Waals surface area contributed by atoms with E-state index in [1.165, 1.54) is 6.92 Å². The molecule has 0 aromatic rings. The molecule has 0 saturated carbocycles. The molecule has 0 spiro atoms. The van der Waals surface area contributed by atoms with E-state index < -0.39 is 33.9 Å². The number of carboxylic acids is 2. The number of hydrogen-bond donors (Lipinski definition) is 4. The number of carbonyl (C=O) groups is 2. The molecule has 1 atom stereocenters. The van der Waals surface area contributed by atoms with E-state index in [2.05, 4.69) is 0 Å². The van der Waals surface area contributed by atoms with Crippen LogP contribution >= 0.6 is 0 Å². The maximum Gasteiger partial charge on any atom is 0.303 e.